The summed E-state index contributed by atoms with van der Waals surface area (Å²) in [5.74, 6) is 0. The molecule has 0 unspecified atom stereocenters. The van der Waals surface area contributed by atoms with Crippen molar-refractivity contribution in [2.24, 2.45) is 0 Å². The second-order valence-corrected chi connectivity index (χ2v) is 3.64. The first-order valence-electron chi connectivity index (χ1n) is 5.47. The van der Waals surface area contributed by atoms with Gasteiger partial charge < -0.3 is 10.1 Å². The average Bonchev–Trinajstić information content (AvgIpc) is 2.28. The first-order chi connectivity index (χ1) is 8.08. The number of rotatable bonds is 7. The minimum atomic E-state index is -4.13. The Morgan fingerprint density at radius 3 is 2.41 bits per heavy atom. The van der Waals surface area contributed by atoms with E-state index in [1.807, 2.05) is 30.3 Å². The number of benzene rings is 1. The van der Waals surface area contributed by atoms with Crippen LogP contribution < -0.4 is 5.32 Å². The maximum atomic E-state index is 11.8. The normalized spacial score (nSPS) is 11.7. The van der Waals surface area contributed by atoms with Crippen LogP contribution in [0.1, 0.15) is 12.0 Å². The molecule has 2 nitrogen and oxygen atoms in total. The first kappa shape index (κ1) is 14.0. The lowest BCUT2D eigenvalue weighted by Crippen LogP contribution is -2.20. The standard InChI is InChI=1S/C12H16F3NO/c13-12(14,15)6-8-17-9-7-16-10-11-4-2-1-3-5-11/h1-5,16H,6-10H2. The molecule has 1 N–H and O–H groups in total. The Bertz CT molecular complexity index is 300. The smallest absolute Gasteiger partial charge is 0.380 e. The molecule has 0 aromatic heterocycles. The van der Waals surface area contributed by atoms with Crippen molar-refractivity contribution in [2.45, 2.75) is 19.1 Å². The van der Waals surface area contributed by atoms with Gasteiger partial charge in [-0.1, -0.05) is 30.3 Å². The first-order valence-corrected chi connectivity index (χ1v) is 5.47. The van der Waals surface area contributed by atoms with Gasteiger partial charge in [0.1, 0.15) is 0 Å². The van der Waals surface area contributed by atoms with Crippen molar-refractivity contribution >= 4 is 0 Å². The Morgan fingerprint density at radius 2 is 1.76 bits per heavy atom. The fraction of sp³-hybridized carbons (Fsp3) is 0.500. The minimum absolute atomic E-state index is 0.267. The molecule has 0 aliphatic carbocycles. The van der Waals surface area contributed by atoms with Crippen molar-refractivity contribution in [1.29, 1.82) is 0 Å². The maximum Gasteiger partial charge on any atom is 0.391 e. The van der Waals surface area contributed by atoms with Gasteiger partial charge in [0, 0.05) is 13.1 Å². The van der Waals surface area contributed by atoms with E-state index in [4.69, 9.17) is 4.74 Å². The van der Waals surface area contributed by atoms with Crippen LogP contribution in [0.5, 0.6) is 0 Å². The molecule has 0 aliphatic rings. The highest BCUT2D eigenvalue weighted by Crippen LogP contribution is 2.18. The molecule has 0 bridgehead atoms. The van der Waals surface area contributed by atoms with Crippen molar-refractivity contribution in [3.05, 3.63) is 35.9 Å². The second kappa shape index (κ2) is 7.29. The highest BCUT2D eigenvalue weighted by Gasteiger charge is 2.26. The topological polar surface area (TPSA) is 21.3 Å². The molecule has 0 amide bonds. The van der Waals surface area contributed by atoms with Gasteiger partial charge in [-0.25, -0.2) is 0 Å². The van der Waals surface area contributed by atoms with Crippen LogP contribution in [0.2, 0.25) is 0 Å². The van der Waals surface area contributed by atoms with Crippen LogP contribution >= 0.6 is 0 Å². The van der Waals surface area contributed by atoms with Crippen LogP contribution in [0.25, 0.3) is 0 Å². The summed E-state index contributed by atoms with van der Waals surface area (Å²) in [5.41, 5.74) is 1.14. The number of hydrogen-bond acceptors (Lipinski definition) is 2. The number of halogens is 3. The van der Waals surface area contributed by atoms with E-state index in [2.05, 4.69) is 5.32 Å². The molecule has 0 aliphatic heterocycles. The summed E-state index contributed by atoms with van der Waals surface area (Å²) in [6.07, 6.45) is -5.01. The van der Waals surface area contributed by atoms with Crippen LogP contribution in [0, 0.1) is 0 Å². The van der Waals surface area contributed by atoms with Crippen molar-refractivity contribution in [3.8, 4) is 0 Å². The molecule has 0 atom stereocenters. The van der Waals surface area contributed by atoms with E-state index in [-0.39, 0.29) is 6.61 Å². The van der Waals surface area contributed by atoms with Gasteiger partial charge in [0.25, 0.3) is 0 Å². The predicted octanol–water partition coefficient (Wildman–Crippen LogP) is 2.75. The van der Waals surface area contributed by atoms with Gasteiger partial charge in [0.2, 0.25) is 0 Å². The van der Waals surface area contributed by atoms with Crippen molar-refractivity contribution in [3.63, 3.8) is 0 Å². The zero-order valence-electron chi connectivity index (χ0n) is 9.46. The molecule has 0 saturated heterocycles. The summed E-state index contributed by atoms with van der Waals surface area (Å²) in [7, 11) is 0. The fourth-order valence-electron chi connectivity index (χ4n) is 1.26. The van der Waals surface area contributed by atoms with E-state index in [1.54, 1.807) is 0 Å². The number of hydrogen-bond donors (Lipinski definition) is 1. The fourth-order valence-corrected chi connectivity index (χ4v) is 1.26. The number of nitrogens with one attached hydrogen (secondary N) is 1. The molecular formula is C12H16F3NO. The molecule has 0 radical (unpaired) electrons. The molecule has 17 heavy (non-hydrogen) atoms. The molecule has 0 heterocycles. The molecule has 1 aromatic rings. The van der Waals surface area contributed by atoms with Crippen LogP contribution in [-0.2, 0) is 11.3 Å². The Balaban J connectivity index is 1.95. The Hall–Kier alpha value is -1.07. The molecule has 5 heteroatoms. The monoisotopic (exact) mass is 247 g/mol. The number of alkyl halides is 3. The largest absolute Gasteiger partial charge is 0.391 e. The number of ether oxygens (including phenoxy) is 1. The lowest BCUT2D eigenvalue weighted by Gasteiger charge is -2.08. The minimum Gasteiger partial charge on any atom is -0.380 e. The molecular weight excluding hydrogens is 231 g/mol. The van der Waals surface area contributed by atoms with Gasteiger partial charge in [0.05, 0.1) is 19.6 Å². The lowest BCUT2D eigenvalue weighted by atomic mass is 10.2. The van der Waals surface area contributed by atoms with E-state index in [9.17, 15) is 13.2 Å². The van der Waals surface area contributed by atoms with E-state index in [1.165, 1.54) is 0 Å². The van der Waals surface area contributed by atoms with E-state index < -0.39 is 12.6 Å². The average molecular weight is 247 g/mol. The molecule has 1 rings (SSSR count). The predicted molar refractivity (Wildman–Crippen MR) is 59.6 cm³/mol. The van der Waals surface area contributed by atoms with Gasteiger partial charge in [-0.15, -0.1) is 0 Å². The lowest BCUT2D eigenvalue weighted by molar-refractivity contribution is -0.145. The Labute approximate surface area is 98.8 Å². The van der Waals surface area contributed by atoms with Gasteiger partial charge in [-0.2, -0.15) is 13.2 Å². The molecule has 96 valence electrons. The van der Waals surface area contributed by atoms with Gasteiger partial charge in [-0.3, -0.25) is 0 Å². The van der Waals surface area contributed by atoms with E-state index in [0.29, 0.717) is 19.7 Å². The van der Waals surface area contributed by atoms with Crippen LogP contribution in [-0.4, -0.2) is 25.9 Å². The molecule has 0 saturated carbocycles. The van der Waals surface area contributed by atoms with Crippen molar-refractivity contribution < 1.29 is 17.9 Å². The van der Waals surface area contributed by atoms with Crippen LogP contribution in [0.4, 0.5) is 13.2 Å². The summed E-state index contributed by atoms with van der Waals surface area (Å²) in [4.78, 5) is 0. The summed E-state index contributed by atoms with van der Waals surface area (Å²) < 4.78 is 40.1. The summed E-state index contributed by atoms with van der Waals surface area (Å²) in [6.45, 7) is 1.27. The quantitative estimate of drug-likeness (QED) is 0.748. The van der Waals surface area contributed by atoms with Crippen molar-refractivity contribution in [1.82, 2.24) is 5.32 Å². The van der Waals surface area contributed by atoms with Gasteiger partial charge >= 0.3 is 6.18 Å². The zero-order chi connectivity index (χ0) is 12.6. The third-order valence-corrected chi connectivity index (χ3v) is 2.12. The second-order valence-electron chi connectivity index (χ2n) is 3.64. The van der Waals surface area contributed by atoms with E-state index in [0.717, 1.165) is 5.56 Å². The van der Waals surface area contributed by atoms with Crippen LogP contribution in [0.15, 0.2) is 30.3 Å². The SMILES string of the molecule is FC(F)(F)CCOCCNCc1ccccc1. The third kappa shape index (κ3) is 7.76. The summed E-state index contributed by atoms with van der Waals surface area (Å²) in [5, 5.41) is 3.09. The zero-order valence-corrected chi connectivity index (χ0v) is 9.46. The maximum absolute atomic E-state index is 11.8. The van der Waals surface area contributed by atoms with Gasteiger partial charge in [-0.05, 0) is 5.56 Å². The van der Waals surface area contributed by atoms with Crippen LogP contribution in [0.3, 0.4) is 0 Å². The summed E-state index contributed by atoms with van der Waals surface area (Å²) in [6, 6.07) is 9.78. The highest BCUT2D eigenvalue weighted by molar-refractivity contribution is 5.14. The third-order valence-electron chi connectivity index (χ3n) is 2.12. The molecule has 1 aromatic carbocycles. The summed E-state index contributed by atoms with van der Waals surface area (Å²) >= 11 is 0. The van der Waals surface area contributed by atoms with Crippen molar-refractivity contribution in [2.75, 3.05) is 19.8 Å². The van der Waals surface area contributed by atoms with E-state index >= 15 is 0 Å². The molecule has 0 spiro atoms. The Morgan fingerprint density at radius 1 is 1.06 bits per heavy atom. The highest BCUT2D eigenvalue weighted by atomic mass is 19.4. The Kier molecular flexibility index (Phi) is 6.00. The molecule has 0 fully saturated rings. The van der Waals surface area contributed by atoms with Gasteiger partial charge in [0.15, 0.2) is 0 Å².